The highest BCUT2D eigenvalue weighted by Gasteiger charge is 2.20. The topological polar surface area (TPSA) is 49.3 Å². The third kappa shape index (κ3) is 4.76. The first-order chi connectivity index (χ1) is 9.29. The molecule has 1 amide bonds. The van der Waals surface area contributed by atoms with Gasteiger partial charge in [0.05, 0.1) is 6.61 Å². The molecule has 2 rings (SSSR count). The Labute approximate surface area is 114 Å². The van der Waals surface area contributed by atoms with Crippen LogP contribution in [-0.4, -0.2) is 24.2 Å². The van der Waals surface area contributed by atoms with Crippen molar-refractivity contribution in [3.8, 4) is 11.8 Å². The van der Waals surface area contributed by atoms with Crippen LogP contribution in [-0.2, 0) is 0 Å². The van der Waals surface area contributed by atoms with Crippen LogP contribution < -0.4 is 5.32 Å². The summed E-state index contributed by atoms with van der Waals surface area (Å²) in [6.07, 6.45) is 4.20. The zero-order chi connectivity index (χ0) is 13.5. The number of rotatable bonds is 5. The summed E-state index contributed by atoms with van der Waals surface area (Å²) in [5.41, 5.74) is 1.53. The Morgan fingerprint density at radius 1 is 1.32 bits per heavy atom. The largest absolute Gasteiger partial charge is 0.395 e. The fourth-order valence-electron chi connectivity index (χ4n) is 1.82. The fraction of sp³-hybridized carbons (Fsp3) is 0.438. The van der Waals surface area contributed by atoms with Gasteiger partial charge in [0.25, 0.3) is 5.91 Å². The molecule has 1 fully saturated rings. The smallest absolute Gasteiger partial charge is 0.251 e. The van der Waals surface area contributed by atoms with Crippen LogP contribution in [0.2, 0.25) is 0 Å². The number of aliphatic hydroxyl groups excluding tert-OH is 1. The van der Waals surface area contributed by atoms with Gasteiger partial charge < -0.3 is 10.4 Å². The SMILES string of the molecule is O=C(NCCC1CC1)c1ccc(C#CCCO)cc1. The molecule has 0 unspecified atom stereocenters. The van der Waals surface area contributed by atoms with Crippen molar-refractivity contribution < 1.29 is 9.90 Å². The lowest BCUT2D eigenvalue weighted by Gasteiger charge is -2.04. The van der Waals surface area contributed by atoms with Crippen LogP contribution in [0.25, 0.3) is 0 Å². The minimum Gasteiger partial charge on any atom is -0.395 e. The van der Waals surface area contributed by atoms with Crippen LogP contribution in [0, 0.1) is 17.8 Å². The average Bonchev–Trinajstić information content (AvgIpc) is 3.24. The van der Waals surface area contributed by atoms with E-state index in [9.17, 15) is 4.79 Å². The molecule has 0 spiro atoms. The van der Waals surface area contributed by atoms with Crippen molar-refractivity contribution in [2.24, 2.45) is 5.92 Å². The van der Waals surface area contributed by atoms with E-state index in [1.54, 1.807) is 12.1 Å². The first-order valence-corrected chi connectivity index (χ1v) is 6.77. The third-order valence-corrected chi connectivity index (χ3v) is 3.15. The predicted molar refractivity (Wildman–Crippen MR) is 74.7 cm³/mol. The van der Waals surface area contributed by atoms with Crippen molar-refractivity contribution in [3.05, 3.63) is 35.4 Å². The zero-order valence-electron chi connectivity index (χ0n) is 11.0. The van der Waals surface area contributed by atoms with Crippen LogP contribution in [0.5, 0.6) is 0 Å². The fourth-order valence-corrected chi connectivity index (χ4v) is 1.82. The van der Waals surface area contributed by atoms with Crippen LogP contribution in [0.15, 0.2) is 24.3 Å². The van der Waals surface area contributed by atoms with E-state index in [0.29, 0.717) is 12.0 Å². The lowest BCUT2D eigenvalue weighted by molar-refractivity contribution is 0.0952. The van der Waals surface area contributed by atoms with Gasteiger partial charge in [0.2, 0.25) is 0 Å². The summed E-state index contributed by atoms with van der Waals surface area (Å²) in [4.78, 5) is 11.8. The molecule has 0 aromatic heterocycles. The van der Waals surface area contributed by atoms with E-state index >= 15 is 0 Å². The Kier molecular flexibility index (Phi) is 5.00. The lowest BCUT2D eigenvalue weighted by Crippen LogP contribution is -2.24. The van der Waals surface area contributed by atoms with Crippen LogP contribution in [0.4, 0.5) is 0 Å². The molecule has 100 valence electrons. The number of carbonyl (C=O) groups is 1. The highest BCUT2D eigenvalue weighted by Crippen LogP contribution is 2.31. The quantitative estimate of drug-likeness (QED) is 0.792. The molecular formula is C16H19NO2. The summed E-state index contributed by atoms with van der Waals surface area (Å²) < 4.78 is 0. The summed E-state index contributed by atoms with van der Waals surface area (Å²) in [5.74, 6) is 6.61. The molecule has 0 aliphatic heterocycles. The van der Waals surface area contributed by atoms with Crippen molar-refractivity contribution in [1.82, 2.24) is 5.32 Å². The number of carbonyl (C=O) groups excluding carboxylic acids is 1. The van der Waals surface area contributed by atoms with Crippen molar-refractivity contribution in [2.45, 2.75) is 25.7 Å². The monoisotopic (exact) mass is 257 g/mol. The van der Waals surface area contributed by atoms with Crippen molar-refractivity contribution in [1.29, 1.82) is 0 Å². The highest BCUT2D eigenvalue weighted by molar-refractivity contribution is 5.94. The Morgan fingerprint density at radius 2 is 2.05 bits per heavy atom. The van der Waals surface area contributed by atoms with Gasteiger partial charge in [-0.2, -0.15) is 0 Å². The Bertz CT molecular complexity index is 478. The predicted octanol–water partition coefficient (Wildman–Crippen LogP) is 1.95. The molecule has 0 bridgehead atoms. The number of nitrogens with one attached hydrogen (secondary N) is 1. The lowest BCUT2D eigenvalue weighted by atomic mass is 10.1. The highest BCUT2D eigenvalue weighted by atomic mass is 16.2. The number of hydrogen-bond donors (Lipinski definition) is 2. The minimum absolute atomic E-state index is 0.0180. The Balaban J connectivity index is 1.82. The molecule has 1 aromatic carbocycles. The normalized spacial score (nSPS) is 13.5. The van der Waals surface area contributed by atoms with Gasteiger partial charge in [0.15, 0.2) is 0 Å². The van der Waals surface area contributed by atoms with Gasteiger partial charge in [-0.05, 0) is 36.6 Å². The molecule has 3 heteroatoms. The van der Waals surface area contributed by atoms with Gasteiger partial charge >= 0.3 is 0 Å². The van der Waals surface area contributed by atoms with E-state index in [0.717, 1.165) is 24.4 Å². The molecule has 1 aromatic rings. The molecule has 2 N–H and O–H groups in total. The van der Waals surface area contributed by atoms with Crippen LogP contribution in [0.1, 0.15) is 41.6 Å². The van der Waals surface area contributed by atoms with E-state index in [2.05, 4.69) is 17.2 Å². The second kappa shape index (κ2) is 6.96. The summed E-state index contributed by atoms with van der Waals surface area (Å²) in [6.45, 7) is 0.843. The Hall–Kier alpha value is -1.79. The summed E-state index contributed by atoms with van der Waals surface area (Å²) in [7, 11) is 0. The van der Waals surface area contributed by atoms with Crippen molar-refractivity contribution in [3.63, 3.8) is 0 Å². The first-order valence-electron chi connectivity index (χ1n) is 6.77. The number of benzene rings is 1. The number of aliphatic hydroxyl groups is 1. The molecule has 1 aliphatic rings. The van der Waals surface area contributed by atoms with E-state index in [1.807, 2.05) is 12.1 Å². The summed E-state index contributed by atoms with van der Waals surface area (Å²) in [5, 5.41) is 11.6. The zero-order valence-corrected chi connectivity index (χ0v) is 11.0. The van der Waals surface area contributed by atoms with Crippen LogP contribution in [0.3, 0.4) is 0 Å². The molecule has 0 heterocycles. The maximum absolute atomic E-state index is 11.8. The molecule has 0 saturated heterocycles. The second-order valence-electron chi connectivity index (χ2n) is 4.84. The van der Waals surface area contributed by atoms with E-state index in [1.165, 1.54) is 12.8 Å². The molecule has 1 saturated carbocycles. The minimum atomic E-state index is -0.0180. The van der Waals surface area contributed by atoms with Gasteiger partial charge in [0.1, 0.15) is 0 Å². The van der Waals surface area contributed by atoms with Crippen LogP contribution >= 0.6 is 0 Å². The van der Waals surface area contributed by atoms with E-state index in [4.69, 9.17) is 5.11 Å². The van der Waals surface area contributed by atoms with Gasteiger partial charge in [-0.15, -0.1) is 0 Å². The molecule has 0 atom stereocenters. The first kappa shape index (κ1) is 13.6. The van der Waals surface area contributed by atoms with E-state index in [-0.39, 0.29) is 12.5 Å². The van der Waals surface area contributed by atoms with Gasteiger partial charge in [-0.25, -0.2) is 0 Å². The van der Waals surface area contributed by atoms with Gasteiger partial charge in [-0.1, -0.05) is 24.7 Å². The average molecular weight is 257 g/mol. The van der Waals surface area contributed by atoms with Gasteiger partial charge in [0, 0.05) is 24.1 Å². The maximum atomic E-state index is 11.8. The van der Waals surface area contributed by atoms with Gasteiger partial charge in [-0.3, -0.25) is 4.79 Å². The third-order valence-electron chi connectivity index (χ3n) is 3.15. The molecule has 3 nitrogen and oxygen atoms in total. The maximum Gasteiger partial charge on any atom is 0.251 e. The summed E-state index contributed by atoms with van der Waals surface area (Å²) >= 11 is 0. The Morgan fingerprint density at radius 3 is 2.68 bits per heavy atom. The second-order valence-corrected chi connectivity index (χ2v) is 4.84. The molecule has 0 radical (unpaired) electrons. The summed E-state index contributed by atoms with van der Waals surface area (Å²) in [6, 6.07) is 7.24. The number of hydrogen-bond acceptors (Lipinski definition) is 2. The van der Waals surface area contributed by atoms with Crippen molar-refractivity contribution in [2.75, 3.05) is 13.2 Å². The van der Waals surface area contributed by atoms with Crippen molar-refractivity contribution >= 4 is 5.91 Å². The van der Waals surface area contributed by atoms with E-state index < -0.39 is 0 Å². The molecule has 19 heavy (non-hydrogen) atoms. The number of amides is 1. The standard InChI is InChI=1S/C16H19NO2/c18-12-2-1-3-13-6-8-15(9-7-13)16(19)17-11-10-14-4-5-14/h6-9,14,18H,2,4-5,10-12H2,(H,17,19). The molecular weight excluding hydrogens is 238 g/mol. The molecule has 1 aliphatic carbocycles.